The molecule has 1 unspecified atom stereocenters. The fourth-order valence-corrected chi connectivity index (χ4v) is 2.42. The van der Waals surface area contributed by atoms with Crippen molar-refractivity contribution in [3.05, 3.63) is 24.3 Å². The molecule has 1 aromatic carbocycles. The molecule has 1 heterocycles. The van der Waals surface area contributed by atoms with Crippen LogP contribution in [0.25, 0.3) is 0 Å². The third kappa shape index (κ3) is 2.28. The van der Waals surface area contributed by atoms with Crippen LogP contribution < -0.4 is 10.2 Å². The molecule has 4 nitrogen and oxygen atoms in total. The van der Waals surface area contributed by atoms with Crippen molar-refractivity contribution in [1.82, 2.24) is 4.90 Å². The lowest BCUT2D eigenvalue weighted by Crippen LogP contribution is -2.31. The first-order valence-corrected chi connectivity index (χ1v) is 6.49. The molecule has 0 radical (unpaired) electrons. The highest BCUT2D eigenvalue weighted by Gasteiger charge is 2.34. The first-order chi connectivity index (χ1) is 8.67. The van der Waals surface area contributed by atoms with Crippen molar-refractivity contribution >= 4 is 17.4 Å². The van der Waals surface area contributed by atoms with Crippen LogP contribution in [0.2, 0.25) is 0 Å². The van der Waals surface area contributed by atoms with Gasteiger partial charge in [-0.2, -0.15) is 0 Å². The predicted molar refractivity (Wildman–Crippen MR) is 75.2 cm³/mol. The summed E-state index contributed by atoms with van der Waals surface area (Å²) in [6, 6.07) is 8.40. The molecule has 1 atom stereocenters. The number of urea groups is 1. The van der Waals surface area contributed by atoms with Gasteiger partial charge >= 0.3 is 6.03 Å². The molecule has 4 heteroatoms. The first kappa shape index (κ1) is 12.7. The predicted octanol–water partition coefficient (Wildman–Crippen LogP) is 2.77. The maximum absolute atomic E-state index is 12.2. The molecular formula is C14H21N3O. The van der Waals surface area contributed by atoms with Crippen molar-refractivity contribution in [2.24, 2.45) is 0 Å². The van der Waals surface area contributed by atoms with Gasteiger partial charge in [-0.15, -0.1) is 0 Å². The van der Waals surface area contributed by atoms with Crippen LogP contribution in [0.1, 0.15) is 19.8 Å². The summed E-state index contributed by atoms with van der Waals surface area (Å²) in [5.74, 6) is 0. The second-order valence-electron chi connectivity index (χ2n) is 4.75. The number of hydrogen-bond acceptors (Lipinski definition) is 2. The number of carbonyl (C=O) groups is 1. The second-order valence-corrected chi connectivity index (χ2v) is 4.75. The molecule has 0 spiro atoms. The van der Waals surface area contributed by atoms with Gasteiger partial charge in [-0.25, -0.2) is 4.79 Å². The maximum atomic E-state index is 12.2. The van der Waals surface area contributed by atoms with Gasteiger partial charge < -0.3 is 10.2 Å². The monoisotopic (exact) mass is 247 g/mol. The van der Waals surface area contributed by atoms with E-state index in [0.29, 0.717) is 6.04 Å². The lowest BCUT2D eigenvalue weighted by atomic mass is 10.1. The van der Waals surface area contributed by atoms with Gasteiger partial charge in [-0.05, 0) is 24.6 Å². The minimum Gasteiger partial charge on any atom is -0.388 e. The molecule has 1 aliphatic rings. The zero-order chi connectivity index (χ0) is 13.1. The van der Waals surface area contributed by atoms with Crippen LogP contribution in [-0.2, 0) is 0 Å². The summed E-state index contributed by atoms with van der Waals surface area (Å²) in [7, 11) is 3.78. The van der Waals surface area contributed by atoms with Crippen LogP contribution in [0.3, 0.4) is 0 Å². The number of amides is 2. The van der Waals surface area contributed by atoms with Gasteiger partial charge in [0.1, 0.15) is 0 Å². The van der Waals surface area contributed by atoms with E-state index in [1.807, 2.05) is 48.2 Å². The molecule has 0 aliphatic carbocycles. The Morgan fingerprint density at radius 2 is 2.22 bits per heavy atom. The summed E-state index contributed by atoms with van der Waals surface area (Å²) in [6.07, 6.45) is 2.16. The average Bonchev–Trinajstić information content (AvgIpc) is 2.68. The van der Waals surface area contributed by atoms with Crippen molar-refractivity contribution < 1.29 is 4.79 Å². The molecular weight excluding hydrogens is 226 g/mol. The first-order valence-electron chi connectivity index (χ1n) is 6.49. The smallest absolute Gasteiger partial charge is 0.324 e. The van der Waals surface area contributed by atoms with Crippen molar-refractivity contribution in [2.45, 2.75) is 25.8 Å². The Balaban J connectivity index is 2.20. The number of benzene rings is 1. The Hall–Kier alpha value is -1.71. The third-order valence-electron chi connectivity index (χ3n) is 3.54. The van der Waals surface area contributed by atoms with Gasteiger partial charge in [-0.3, -0.25) is 4.90 Å². The molecule has 1 saturated heterocycles. The fourth-order valence-electron chi connectivity index (χ4n) is 2.42. The van der Waals surface area contributed by atoms with Crippen LogP contribution in [0.15, 0.2) is 24.3 Å². The molecule has 2 amide bonds. The molecule has 98 valence electrons. The molecule has 0 bridgehead atoms. The summed E-state index contributed by atoms with van der Waals surface area (Å²) in [4.78, 5) is 15.9. The van der Waals surface area contributed by atoms with Crippen LogP contribution in [0.4, 0.5) is 16.2 Å². The second kappa shape index (κ2) is 5.29. The Bertz CT molecular complexity index is 433. The third-order valence-corrected chi connectivity index (χ3v) is 3.54. The molecule has 18 heavy (non-hydrogen) atoms. The van der Waals surface area contributed by atoms with Crippen LogP contribution in [0.5, 0.6) is 0 Å². The quantitative estimate of drug-likeness (QED) is 0.888. The normalized spacial score (nSPS) is 19.5. The van der Waals surface area contributed by atoms with Gasteiger partial charge in [0.05, 0.1) is 6.04 Å². The van der Waals surface area contributed by atoms with Gasteiger partial charge in [0.15, 0.2) is 0 Å². The Labute approximate surface area is 109 Å². The summed E-state index contributed by atoms with van der Waals surface area (Å²) in [5, 5.41) is 3.10. The van der Waals surface area contributed by atoms with Gasteiger partial charge in [-0.1, -0.05) is 19.4 Å². The maximum Gasteiger partial charge on any atom is 0.324 e. The van der Waals surface area contributed by atoms with Crippen molar-refractivity contribution in [3.63, 3.8) is 0 Å². The lowest BCUT2D eigenvalue weighted by molar-refractivity contribution is 0.217. The number of rotatable bonds is 4. The summed E-state index contributed by atoms with van der Waals surface area (Å²) >= 11 is 0. The minimum atomic E-state index is 0.0988. The fraction of sp³-hybridized carbons (Fsp3) is 0.500. The molecule has 0 saturated carbocycles. The number of nitrogens with one attached hydrogen (secondary N) is 1. The number of nitrogens with zero attached hydrogens (tertiary/aromatic N) is 2. The van der Waals surface area contributed by atoms with Gasteiger partial charge in [0.25, 0.3) is 0 Å². The molecule has 1 N–H and O–H groups in total. The highest BCUT2D eigenvalue weighted by molar-refractivity contribution is 5.94. The largest absolute Gasteiger partial charge is 0.388 e. The zero-order valence-electron chi connectivity index (χ0n) is 11.3. The van der Waals surface area contributed by atoms with E-state index in [9.17, 15) is 4.79 Å². The number of likely N-dealkylation sites (N-methyl/N-ethyl adjacent to an activating group) is 1. The van der Waals surface area contributed by atoms with E-state index in [1.54, 1.807) is 0 Å². The summed E-state index contributed by atoms with van der Waals surface area (Å²) in [6.45, 7) is 2.94. The van der Waals surface area contributed by atoms with Gasteiger partial charge in [0, 0.05) is 32.0 Å². The molecule has 1 aliphatic heterocycles. The number of anilines is 2. The van der Waals surface area contributed by atoms with Crippen LogP contribution >= 0.6 is 0 Å². The molecule has 1 fully saturated rings. The average molecular weight is 247 g/mol. The number of hydrogen-bond donors (Lipinski definition) is 1. The van der Waals surface area contributed by atoms with Crippen molar-refractivity contribution in [3.8, 4) is 0 Å². The van der Waals surface area contributed by atoms with E-state index in [2.05, 4.69) is 12.2 Å². The zero-order valence-corrected chi connectivity index (χ0v) is 11.3. The Morgan fingerprint density at radius 1 is 1.44 bits per heavy atom. The summed E-state index contributed by atoms with van der Waals surface area (Å²) in [5.41, 5.74) is 2.00. The van der Waals surface area contributed by atoms with Crippen LogP contribution in [-0.4, -0.2) is 37.6 Å². The van der Waals surface area contributed by atoms with E-state index in [1.165, 1.54) is 0 Å². The minimum absolute atomic E-state index is 0.0988. The lowest BCUT2D eigenvalue weighted by Gasteiger charge is -2.17. The van der Waals surface area contributed by atoms with Crippen molar-refractivity contribution in [1.29, 1.82) is 0 Å². The summed E-state index contributed by atoms with van der Waals surface area (Å²) < 4.78 is 0. The topological polar surface area (TPSA) is 35.6 Å². The SMILES string of the molecule is CCCC1CN(c2cccc(NC)c2)C(=O)N1C. The van der Waals surface area contributed by atoms with E-state index in [0.717, 1.165) is 30.8 Å². The highest BCUT2D eigenvalue weighted by Crippen LogP contribution is 2.26. The molecule has 2 rings (SSSR count). The van der Waals surface area contributed by atoms with E-state index in [4.69, 9.17) is 0 Å². The van der Waals surface area contributed by atoms with Gasteiger partial charge in [0.2, 0.25) is 0 Å². The van der Waals surface area contributed by atoms with Crippen molar-refractivity contribution in [2.75, 3.05) is 30.9 Å². The highest BCUT2D eigenvalue weighted by atomic mass is 16.2. The van der Waals surface area contributed by atoms with E-state index >= 15 is 0 Å². The Kier molecular flexibility index (Phi) is 3.75. The van der Waals surface area contributed by atoms with E-state index < -0.39 is 0 Å². The number of carbonyl (C=O) groups excluding carboxylic acids is 1. The standard InChI is InChI=1S/C14H21N3O/c1-4-6-13-10-17(14(18)16(13)3)12-8-5-7-11(9-12)15-2/h5,7-9,13,15H,4,6,10H2,1-3H3. The molecule has 0 aromatic heterocycles. The van der Waals surface area contributed by atoms with E-state index in [-0.39, 0.29) is 6.03 Å². The van der Waals surface area contributed by atoms with Crippen LogP contribution in [0, 0.1) is 0 Å². The Morgan fingerprint density at radius 3 is 2.89 bits per heavy atom. The molecule has 1 aromatic rings.